The maximum Gasteiger partial charge on any atom is 0.416 e. The van der Waals surface area contributed by atoms with Gasteiger partial charge in [0.2, 0.25) is 0 Å². The number of anilines is 1. The molecule has 0 aliphatic rings. The molecule has 4 aromatic rings. The van der Waals surface area contributed by atoms with Gasteiger partial charge in [-0.2, -0.15) is 22.6 Å². The van der Waals surface area contributed by atoms with Crippen molar-refractivity contribution >= 4 is 28.4 Å². The Hall–Kier alpha value is -3.01. The molecule has 0 aliphatic heterocycles. The molecule has 0 amide bonds. The number of nitrogens with zero attached hydrogens (tertiary/aromatic N) is 5. The number of hydrogen-bond donors (Lipinski definition) is 1. The van der Waals surface area contributed by atoms with Gasteiger partial charge in [-0.3, -0.25) is 4.68 Å². The van der Waals surface area contributed by atoms with Crippen LogP contribution in [0.4, 0.5) is 19.0 Å². The molecule has 6 nitrogen and oxygen atoms in total. The molecule has 0 spiro atoms. The van der Waals surface area contributed by atoms with Crippen molar-refractivity contribution in [2.45, 2.75) is 19.6 Å². The van der Waals surface area contributed by atoms with Crippen molar-refractivity contribution in [1.82, 2.24) is 24.1 Å². The smallest absolute Gasteiger partial charge is 0.383 e. The van der Waals surface area contributed by atoms with E-state index in [2.05, 4.69) is 19.4 Å². The topological polar surface area (TPSA) is 82.5 Å². The zero-order chi connectivity index (χ0) is 19.2. The van der Waals surface area contributed by atoms with Crippen LogP contribution in [0.2, 0.25) is 0 Å². The number of aryl methyl sites for hydroxylation is 1. The summed E-state index contributed by atoms with van der Waals surface area (Å²) in [5.41, 5.74) is 6.96. The lowest BCUT2D eigenvalue weighted by Crippen LogP contribution is -2.09. The lowest BCUT2D eigenvalue weighted by atomic mass is 10.0. The number of fused-ring (bicyclic) bond motifs is 1. The molecule has 0 bridgehead atoms. The third-order valence-electron chi connectivity index (χ3n) is 4.08. The fourth-order valence-corrected chi connectivity index (χ4v) is 3.26. The van der Waals surface area contributed by atoms with Gasteiger partial charge in [-0.1, -0.05) is 12.1 Å². The van der Waals surface area contributed by atoms with Crippen LogP contribution in [0, 0.1) is 6.92 Å². The maximum absolute atomic E-state index is 13.1. The Morgan fingerprint density at radius 2 is 2.00 bits per heavy atom. The number of rotatable bonds is 3. The first-order chi connectivity index (χ1) is 12.8. The van der Waals surface area contributed by atoms with E-state index in [1.807, 2.05) is 0 Å². The zero-order valence-corrected chi connectivity index (χ0v) is 14.8. The Bertz CT molecular complexity index is 1120. The van der Waals surface area contributed by atoms with Crippen LogP contribution in [-0.2, 0) is 12.7 Å². The Morgan fingerprint density at radius 1 is 1.19 bits per heavy atom. The first kappa shape index (κ1) is 17.4. The zero-order valence-electron chi connectivity index (χ0n) is 14.0. The average Bonchev–Trinajstić information content (AvgIpc) is 3.25. The summed E-state index contributed by atoms with van der Waals surface area (Å²) in [5, 5.41) is 6.67. The fourth-order valence-electron chi connectivity index (χ4n) is 2.76. The van der Waals surface area contributed by atoms with E-state index in [1.54, 1.807) is 23.7 Å². The van der Waals surface area contributed by atoms with Gasteiger partial charge in [0.15, 0.2) is 11.5 Å². The van der Waals surface area contributed by atoms with Crippen LogP contribution < -0.4 is 5.73 Å². The second kappa shape index (κ2) is 6.31. The van der Waals surface area contributed by atoms with Gasteiger partial charge in [0, 0.05) is 11.6 Å². The molecule has 27 heavy (non-hydrogen) atoms. The van der Waals surface area contributed by atoms with Gasteiger partial charge in [0.1, 0.15) is 11.5 Å². The van der Waals surface area contributed by atoms with Crippen molar-refractivity contribution < 1.29 is 13.2 Å². The molecule has 0 saturated carbocycles. The average molecular weight is 390 g/mol. The lowest BCUT2D eigenvalue weighted by Gasteiger charge is -2.12. The molecule has 0 radical (unpaired) electrons. The van der Waals surface area contributed by atoms with Crippen molar-refractivity contribution in [1.29, 1.82) is 0 Å². The first-order valence-electron chi connectivity index (χ1n) is 7.89. The molecular weight excluding hydrogens is 377 g/mol. The molecule has 138 valence electrons. The maximum atomic E-state index is 13.1. The molecule has 0 saturated heterocycles. The second-order valence-electron chi connectivity index (χ2n) is 6.03. The van der Waals surface area contributed by atoms with E-state index >= 15 is 0 Å². The van der Waals surface area contributed by atoms with E-state index in [9.17, 15) is 13.2 Å². The Labute approximate surface area is 155 Å². The Morgan fingerprint density at radius 3 is 2.70 bits per heavy atom. The van der Waals surface area contributed by atoms with Gasteiger partial charge >= 0.3 is 6.18 Å². The highest BCUT2D eigenvalue weighted by Crippen LogP contribution is 2.32. The molecule has 0 unspecified atom stereocenters. The molecule has 3 aromatic heterocycles. The minimum Gasteiger partial charge on any atom is -0.383 e. The number of halogens is 3. The van der Waals surface area contributed by atoms with E-state index in [4.69, 9.17) is 5.73 Å². The molecule has 4 rings (SSSR count). The second-order valence-corrected chi connectivity index (χ2v) is 6.69. The normalized spacial score (nSPS) is 12.0. The van der Waals surface area contributed by atoms with Crippen molar-refractivity contribution in [3.63, 3.8) is 0 Å². The third-order valence-corrected chi connectivity index (χ3v) is 4.64. The highest BCUT2D eigenvalue weighted by molar-refractivity contribution is 7.03. The molecular formula is C17H13F3N6S. The molecule has 2 N–H and O–H groups in total. The first-order valence-corrected chi connectivity index (χ1v) is 8.73. The van der Waals surface area contributed by atoms with Gasteiger partial charge in [-0.05, 0) is 41.7 Å². The minimum atomic E-state index is -4.40. The monoisotopic (exact) mass is 390 g/mol. The Kier molecular flexibility index (Phi) is 4.06. The molecule has 0 atom stereocenters. The van der Waals surface area contributed by atoms with Gasteiger partial charge in [-0.25, -0.2) is 9.97 Å². The van der Waals surface area contributed by atoms with Crippen molar-refractivity contribution in [2.75, 3.05) is 5.73 Å². The van der Waals surface area contributed by atoms with Crippen LogP contribution in [0.3, 0.4) is 0 Å². The summed E-state index contributed by atoms with van der Waals surface area (Å²) in [6, 6.07) is 6.01. The highest BCUT2D eigenvalue weighted by Gasteiger charge is 2.32. The fraction of sp³-hybridized carbons (Fsp3) is 0.176. The van der Waals surface area contributed by atoms with E-state index < -0.39 is 11.7 Å². The van der Waals surface area contributed by atoms with E-state index in [0.717, 1.165) is 6.07 Å². The van der Waals surface area contributed by atoms with E-state index in [0.29, 0.717) is 28.1 Å². The summed E-state index contributed by atoms with van der Waals surface area (Å²) in [7, 11) is 0. The quantitative estimate of drug-likeness (QED) is 0.574. The van der Waals surface area contributed by atoms with Gasteiger partial charge in [0.05, 0.1) is 17.5 Å². The SMILES string of the molecule is Cc1ccc(Cn2cc3c(N)nc(-c4ccsn4)nc3n2)cc1C(F)(F)F. The standard InChI is InChI=1S/C17H13F3N6S/c1-9-2-3-10(6-12(9)17(18,19)20)7-26-8-11-14(21)22-16(23-15(11)24-26)13-4-5-27-25-13/h2-6,8H,7H2,1H3,(H2,21,22,23,24). The summed E-state index contributed by atoms with van der Waals surface area (Å²) >= 11 is 1.27. The van der Waals surface area contributed by atoms with Crippen LogP contribution in [-0.4, -0.2) is 24.1 Å². The van der Waals surface area contributed by atoms with Gasteiger partial charge in [0.25, 0.3) is 0 Å². The summed E-state index contributed by atoms with van der Waals surface area (Å²) in [5.74, 6) is 0.607. The van der Waals surface area contributed by atoms with Crippen LogP contribution in [0.15, 0.2) is 35.8 Å². The van der Waals surface area contributed by atoms with E-state index in [-0.39, 0.29) is 17.9 Å². The summed E-state index contributed by atoms with van der Waals surface area (Å²) < 4.78 is 45.0. The van der Waals surface area contributed by atoms with Crippen LogP contribution in [0.1, 0.15) is 16.7 Å². The number of alkyl halides is 3. The van der Waals surface area contributed by atoms with Gasteiger partial charge in [-0.15, -0.1) is 0 Å². The van der Waals surface area contributed by atoms with Gasteiger partial charge < -0.3 is 5.73 Å². The number of hydrogen-bond acceptors (Lipinski definition) is 6. The van der Waals surface area contributed by atoms with Crippen molar-refractivity contribution in [3.05, 3.63) is 52.5 Å². The summed E-state index contributed by atoms with van der Waals surface area (Å²) in [6.07, 6.45) is -2.77. The molecule has 0 fully saturated rings. The lowest BCUT2D eigenvalue weighted by molar-refractivity contribution is -0.138. The van der Waals surface area contributed by atoms with Crippen LogP contribution in [0.5, 0.6) is 0 Å². The number of benzene rings is 1. The number of nitrogens with two attached hydrogens (primary N) is 1. The minimum absolute atomic E-state index is 0.158. The number of aromatic nitrogens is 5. The number of nitrogen functional groups attached to an aromatic ring is 1. The summed E-state index contributed by atoms with van der Waals surface area (Å²) in [6.45, 7) is 1.59. The van der Waals surface area contributed by atoms with Crippen molar-refractivity contribution in [3.8, 4) is 11.5 Å². The largest absolute Gasteiger partial charge is 0.416 e. The third kappa shape index (κ3) is 3.35. The molecule has 0 aliphatic carbocycles. The molecule has 1 aromatic carbocycles. The predicted octanol–water partition coefficient (Wildman–Crippen LogP) is 3.91. The van der Waals surface area contributed by atoms with Crippen LogP contribution in [0.25, 0.3) is 22.6 Å². The predicted molar refractivity (Wildman–Crippen MR) is 96.1 cm³/mol. The van der Waals surface area contributed by atoms with Crippen molar-refractivity contribution in [2.24, 2.45) is 0 Å². The molecule has 3 heterocycles. The van der Waals surface area contributed by atoms with Crippen LogP contribution >= 0.6 is 11.5 Å². The summed E-state index contributed by atoms with van der Waals surface area (Å²) in [4.78, 5) is 8.58. The Balaban J connectivity index is 1.70. The highest BCUT2D eigenvalue weighted by atomic mass is 32.1. The molecule has 10 heteroatoms. The van der Waals surface area contributed by atoms with E-state index in [1.165, 1.54) is 29.2 Å².